The third-order valence-electron chi connectivity index (χ3n) is 6.21. The Kier molecular flexibility index (Phi) is 4.35. The number of hydrogen-bond donors (Lipinski definition) is 1. The van der Waals surface area contributed by atoms with Crippen LogP contribution in [0.1, 0.15) is 30.4 Å². The standard InChI is InChI=1S/C25H19F2N3S/c26-17-8-15-5-3-1-2-4-14-10-22-16(12-29-30-22)9-19(14)24-18-6-7-31-25(18)20(13-28-24)23(15)21(27)11-17/h6-13H,1-5H2,(H,29,30). The molecule has 0 aliphatic carbocycles. The lowest BCUT2D eigenvalue weighted by Crippen LogP contribution is -1.98. The van der Waals surface area contributed by atoms with E-state index in [9.17, 15) is 4.39 Å². The molecule has 3 nitrogen and oxygen atoms in total. The lowest BCUT2D eigenvalue weighted by atomic mass is 9.94. The van der Waals surface area contributed by atoms with Crippen LogP contribution in [0.4, 0.5) is 8.78 Å². The van der Waals surface area contributed by atoms with Crippen molar-refractivity contribution in [1.29, 1.82) is 0 Å². The molecule has 31 heavy (non-hydrogen) atoms. The van der Waals surface area contributed by atoms with Gasteiger partial charge in [0, 0.05) is 44.4 Å². The minimum Gasteiger partial charge on any atom is -0.278 e. The quantitative estimate of drug-likeness (QED) is 0.285. The van der Waals surface area contributed by atoms with Crippen LogP contribution in [0.2, 0.25) is 0 Å². The van der Waals surface area contributed by atoms with E-state index in [2.05, 4.69) is 28.4 Å². The van der Waals surface area contributed by atoms with Crippen LogP contribution in [-0.4, -0.2) is 15.2 Å². The first-order chi connectivity index (χ1) is 15.2. The minimum absolute atomic E-state index is 0.484. The smallest absolute Gasteiger partial charge is 0.134 e. The Morgan fingerprint density at radius 3 is 2.68 bits per heavy atom. The number of aromatic nitrogens is 3. The van der Waals surface area contributed by atoms with E-state index in [1.165, 1.54) is 11.6 Å². The van der Waals surface area contributed by atoms with E-state index in [0.717, 1.165) is 75.1 Å². The number of fused-ring (bicyclic) bond motifs is 11. The number of H-pyrrole nitrogens is 1. The predicted molar refractivity (Wildman–Crippen MR) is 121 cm³/mol. The van der Waals surface area contributed by atoms with Gasteiger partial charge in [0.1, 0.15) is 11.6 Å². The highest BCUT2D eigenvalue weighted by molar-refractivity contribution is 7.17. The molecule has 2 aromatic carbocycles. The summed E-state index contributed by atoms with van der Waals surface area (Å²) in [7, 11) is 0. The lowest BCUT2D eigenvalue weighted by Gasteiger charge is -2.14. The van der Waals surface area contributed by atoms with Gasteiger partial charge < -0.3 is 0 Å². The van der Waals surface area contributed by atoms with Crippen molar-refractivity contribution in [2.24, 2.45) is 0 Å². The van der Waals surface area contributed by atoms with Crippen LogP contribution in [0.25, 0.3) is 43.4 Å². The molecule has 0 unspecified atom stereocenters. The van der Waals surface area contributed by atoms with Crippen LogP contribution in [0.15, 0.2) is 48.1 Å². The molecule has 5 aromatic rings. The summed E-state index contributed by atoms with van der Waals surface area (Å²) in [4.78, 5) is 4.83. The van der Waals surface area contributed by atoms with E-state index in [0.29, 0.717) is 12.0 Å². The molecule has 0 fully saturated rings. The van der Waals surface area contributed by atoms with Crippen molar-refractivity contribution >= 4 is 32.3 Å². The molecule has 6 rings (SSSR count). The highest BCUT2D eigenvalue weighted by Gasteiger charge is 2.21. The fourth-order valence-corrected chi connectivity index (χ4v) is 5.66. The van der Waals surface area contributed by atoms with Gasteiger partial charge in [-0.2, -0.15) is 5.10 Å². The van der Waals surface area contributed by atoms with Gasteiger partial charge in [-0.15, -0.1) is 11.3 Å². The topological polar surface area (TPSA) is 41.6 Å². The second-order valence-corrected chi connectivity index (χ2v) is 9.05. The number of halogens is 2. The summed E-state index contributed by atoms with van der Waals surface area (Å²) < 4.78 is 30.1. The summed E-state index contributed by atoms with van der Waals surface area (Å²) in [5.74, 6) is -1.04. The third-order valence-corrected chi connectivity index (χ3v) is 7.15. The lowest BCUT2D eigenvalue weighted by molar-refractivity contribution is 0.580. The molecular formula is C25H19F2N3S. The summed E-state index contributed by atoms with van der Waals surface area (Å²) in [5, 5.41) is 11.3. The molecular weight excluding hydrogens is 412 g/mol. The molecule has 1 N–H and O–H groups in total. The Morgan fingerprint density at radius 2 is 1.77 bits per heavy atom. The average molecular weight is 432 g/mol. The Hall–Kier alpha value is -3.12. The van der Waals surface area contributed by atoms with E-state index >= 15 is 4.39 Å². The van der Waals surface area contributed by atoms with Gasteiger partial charge in [0.25, 0.3) is 0 Å². The van der Waals surface area contributed by atoms with Gasteiger partial charge in [-0.1, -0.05) is 6.42 Å². The minimum atomic E-state index is -0.524. The Balaban J connectivity index is 1.67. The first kappa shape index (κ1) is 18.6. The van der Waals surface area contributed by atoms with Crippen molar-refractivity contribution in [3.63, 3.8) is 0 Å². The van der Waals surface area contributed by atoms with E-state index in [1.54, 1.807) is 17.5 Å². The van der Waals surface area contributed by atoms with Crippen LogP contribution < -0.4 is 0 Å². The molecule has 2 bridgehead atoms. The molecule has 0 saturated carbocycles. The number of hydrogen-bond acceptors (Lipinski definition) is 3. The summed E-state index contributed by atoms with van der Waals surface area (Å²) in [5.41, 5.74) is 6.20. The molecule has 6 heteroatoms. The van der Waals surface area contributed by atoms with Crippen LogP contribution in [0.3, 0.4) is 0 Å². The van der Waals surface area contributed by atoms with Crippen LogP contribution >= 0.6 is 11.3 Å². The molecule has 1 aliphatic heterocycles. The van der Waals surface area contributed by atoms with Crippen molar-refractivity contribution in [3.8, 4) is 22.4 Å². The van der Waals surface area contributed by atoms with Gasteiger partial charge in [0.15, 0.2) is 0 Å². The van der Waals surface area contributed by atoms with Gasteiger partial charge in [-0.25, -0.2) is 8.78 Å². The zero-order valence-corrected chi connectivity index (χ0v) is 17.5. The number of nitrogens with one attached hydrogen (secondary N) is 1. The van der Waals surface area contributed by atoms with E-state index < -0.39 is 11.6 Å². The number of benzene rings is 2. The summed E-state index contributed by atoms with van der Waals surface area (Å²) in [6.45, 7) is 0. The maximum absolute atomic E-state index is 15.0. The number of rotatable bonds is 0. The van der Waals surface area contributed by atoms with Crippen molar-refractivity contribution in [1.82, 2.24) is 15.2 Å². The molecule has 4 heterocycles. The Labute approximate surface area is 181 Å². The molecule has 1 aliphatic rings. The highest BCUT2D eigenvalue weighted by Crippen LogP contribution is 2.41. The summed E-state index contributed by atoms with van der Waals surface area (Å²) >= 11 is 1.57. The SMILES string of the molecule is Fc1cc(F)c2c(c1)CCCCCc1cc3[nH]ncc3cc1-c1ncc-2c2sccc12. The maximum atomic E-state index is 15.0. The number of aromatic amines is 1. The van der Waals surface area contributed by atoms with Crippen LogP contribution in [-0.2, 0) is 12.8 Å². The fraction of sp³-hybridized carbons (Fsp3) is 0.200. The van der Waals surface area contributed by atoms with Crippen molar-refractivity contribution < 1.29 is 8.78 Å². The van der Waals surface area contributed by atoms with Gasteiger partial charge in [0.05, 0.1) is 17.4 Å². The second kappa shape index (κ2) is 7.24. The number of aryl methyl sites for hydroxylation is 2. The number of nitrogens with zero attached hydrogens (tertiary/aromatic N) is 2. The Bertz CT molecular complexity index is 1450. The van der Waals surface area contributed by atoms with Gasteiger partial charge in [0.2, 0.25) is 0 Å². The predicted octanol–water partition coefficient (Wildman–Crippen LogP) is 7.05. The van der Waals surface area contributed by atoms with Gasteiger partial charge in [-0.3, -0.25) is 10.1 Å². The normalized spacial score (nSPS) is 14.1. The van der Waals surface area contributed by atoms with Gasteiger partial charge >= 0.3 is 0 Å². The van der Waals surface area contributed by atoms with Crippen molar-refractivity contribution in [2.45, 2.75) is 32.1 Å². The molecule has 0 spiro atoms. The molecule has 0 amide bonds. The second-order valence-electron chi connectivity index (χ2n) is 8.13. The average Bonchev–Trinajstić information content (AvgIpc) is 3.41. The van der Waals surface area contributed by atoms with Gasteiger partial charge in [-0.05, 0) is 66.5 Å². The summed E-state index contributed by atoms with van der Waals surface area (Å²) in [6.07, 6.45) is 8.03. The molecule has 154 valence electrons. The largest absolute Gasteiger partial charge is 0.278 e. The van der Waals surface area contributed by atoms with E-state index in [4.69, 9.17) is 4.98 Å². The first-order valence-electron chi connectivity index (χ1n) is 10.5. The zero-order valence-electron chi connectivity index (χ0n) is 16.7. The molecule has 0 atom stereocenters. The van der Waals surface area contributed by atoms with Crippen molar-refractivity contribution in [2.75, 3.05) is 0 Å². The monoisotopic (exact) mass is 431 g/mol. The van der Waals surface area contributed by atoms with Crippen molar-refractivity contribution in [3.05, 3.63) is 70.9 Å². The summed E-state index contributed by atoms with van der Waals surface area (Å²) in [6, 6.07) is 8.84. The van der Waals surface area contributed by atoms with E-state index in [1.807, 2.05) is 11.6 Å². The van der Waals surface area contributed by atoms with E-state index in [-0.39, 0.29) is 0 Å². The first-order valence-corrected chi connectivity index (χ1v) is 11.4. The van der Waals surface area contributed by atoms with Crippen LogP contribution in [0.5, 0.6) is 0 Å². The molecule has 0 saturated heterocycles. The zero-order chi connectivity index (χ0) is 20.9. The van der Waals surface area contributed by atoms with Crippen LogP contribution in [0, 0.1) is 11.6 Å². The Morgan fingerprint density at radius 1 is 0.903 bits per heavy atom. The highest BCUT2D eigenvalue weighted by atomic mass is 32.1. The number of thiophene rings is 1. The molecule has 3 aromatic heterocycles. The number of pyridine rings is 1. The third kappa shape index (κ3) is 3.05. The fourth-order valence-electron chi connectivity index (χ4n) is 4.75. The molecule has 0 radical (unpaired) electrons. The maximum Gasteiger partial charge on any atom is 0.134 e.